The van der Waals surface area contributed by atoms with Gasteiger partial charge in [-0.15, -0.1) is 0 Å². The highest BCUT2D eigenvalue weighted by atomic mass is 19.4. The van der Waals surface area contributed by atoms with Gasteiger partial charge in [-0.25, -0.2) is 0 Å². The molecule has 5 heteroatoms. The van der Waals surface area contributed by atoms with Gasteiger partial charge < -0.3 is 4.90 Å². The number of carbonyl (C=O) groups is 1. The van der Waals surface area contributed by atoms with Crippen molar-refractivity contribution >= 4 is 5.91 Å². The Morgan fingerprint density at radius 3 is 2.18 bits per heavy atom. The minimum atomic E-state index is -4.32. The van der Waals surface area contributed by atoms with Crippen LogP contribution in [0.25, 0.3) is 0 Å². The fourth-order valence-electron chi connectivity index (χ4n) is 2.13. The van der Waals surface area contributed by atoms with Gasteiger partial charge in [0.15, 0.2) is 0 Å². The first-order chi connectivity index (χ1) is 7.53. The number of hydrogen-bond donors (Lipinski definition) is 0. The van der Waals surface area contributed by atoms with Crippen LogP contribution in [0.3, 0.4) is 0 Å². The third-order valence-electron chi connectivity index (χ3n) is 3.14. The monoisotopic (exact) mass is 251 g/mol. The summed E-state index contributed by atoms with van der Waals surface area (Å²) < 4.78 is 38.8. The Morgan fingerprint density at radius 2 is 1.76 bits per heavy atom. The van der Waals surface area contributed by atoms with Crippen molar-refractivity contribution in [3.05, 3.63) is 0 Å². The zero-order valence-corrected chi connectivity index (χ0v) is 10.8. The first kappa shape index (κ1) is 14.3. The highest BCUT2D eigenvalue weighted by Crippen LogP contribution is 2.36. The van der Waals surface area contributed by atoms with E-state index in [9.17, 15) is 18.0 Å². The topological polar surface area (TPSA) is 20.3 Å². The Morgan fingerprint density at radius 1 is 1.24 bits per heavy atom. The molecule has 0 spiro atoms. The largest absolute Gasteiger partial charge is 0.408 e. The van der Waals surface area contributed by atoms with Crippen LogP contribution in [0.1, 0.15) is 40.5 Å². The van der Waals surface area contributed by atoms with Crippen LogP contribution in [0.2, 0.25) is 0 Å². The molecule has 17 heavy (non-hydrogen) atoms. The third kappa shape index (κ3) is 3.36. The second kappa shape index (κ2) is 4.50. The molecule has 0 bridgehead atoms. The van der Waals surface area contributed by atoms with E-state index in [1.54, 1.807) is 27.7 Å². The number of carbonyl (C=O) groups excluding carboxylic acids is 1. The molecule has 1 heterocycles. The Labute approximate surface area is 100 Å². The van der Waals surface area contributed by atoms with E-state index in [0.29, 0.717) is 6.42 Å². The average Bonchev–Trinajstić information content (AvgIpc) is 2.14. The van der Waals surface area contributed by atoms with Crippen LogP contribution in [0.15, 0.2) is 0 Å². The summed E-state index contributed by atoms with van der Waals surface area (Å²) in [5, 5.41) is 0. The molecule has 1 aliphatic heterocycles. The van der Waals surface area contributed by atoms with E-state index in [1.165, 1.54) is 0 Å². The highest BCUT2D eigenvalue weighted by Gasteiger charge is 2.49. The lowest BCUT2D eigenvalue weighted by molar-refractivity contribution is -0.202. The number of likely N-dealkylation sites (tertiary alicyclic amines) is 1. The Balaban J connectivity index is 2.92. The molecule has 0 aliphatic carbocycles. The van der Waals surface area contributed by atoms with Crippen LogP contribution in [0.5, 0.6) is 0 Å². The Bertz CT molecular complexity index is 293. The van der Waals surface area contributed by atoms with Crippen molar-refractivity contribution in [2.45, 2.75) is 52.8 Å². The van der Waals surface area contributed by atoms with E-state index < -0.39 is 23.5 Å². The molecule has 100 valence electrons. The number of piperidine rings is 1. The quantitative estimate of drug-likeness (QED) is 0.647. The van der Waals surface area contributed by atoms with Crippen LogP contribution in [0.4, 0.5) is 13.2 Å². The first-order valence-corrected chi connectivity index (χ1v) is 5.91. The van der Waals surface area contributed by atoms with Gasteiger partial charge in [-0.2, -0.15) is 13.2 Å². The number of halogens is 3. The fourth-order valence-corrected chi connectivity index (χ4v) is 2.13. The lowest BCUT2D eigenvalue weighted by atomic mass is 9.87. The molecular formula is C12H20F3NO. The minimum absolute atomic E-state index is 0.0191. The van der Waals surface area contributed by atoms with Crippen molar-refractivity contribution < 1.29 is 18.0 Å². The average molecular weight is 251 g/mol. The van der Waals surface area contributed by atoms with Gasteiger partial charge in [-0.3, -0.25) is 4.79 Å². The van der Waals surface area contributed by atoms with E-state index in [1.807, 2.05) is 0 Å². The highest BCUT2D eigenvalue weighted by molar-refractivity contribution is 5.82. The maximum Gasteiger partial charge on any atom is 0.408 e. The number of alkyl halides is 3. The van der Waals surface area contributed by atoms with E-state index >= 15 is 0 Å². The second-order valence-corrected chi connectivity index (χ2v) is 5.94. The summed E-state index contributed by atoms with van der Waals surface area (Å²) in [7, 11) is 0. The smallest absolute Gasteiger partial charge is 0.330 e. The van der Waals surface area contributed by atoms with Crippen molar-refractivity contribution in [3.8, 4) is 0 Å². The fraction of sp³-hybridized carbons (Fsp3) is 0.917. The van der Waals surface area contributed by atoms with E-state index in [0.717, 1.165) is 4.90 Å². The predicted molar refractivity (Wildman–Crippen MR) is 59.4 cm³/mol. The van der Waals surface area contributed by atoms with Crippen LogP contribution in [0, 0.1) is 11.3 Å². The number of nitrogens with zero attached hydrogens (tertiary/aromatic N) is 1. The van der Waals surface area contributed by atoms with Crippen LogP contribution < -0.4 is 0 Å². The standard InChI is InChI=1S/C12H20F3NO/c1-8-5-6-16(10(17)11(2,3)4)9(7-8)12(13,14)15/h8-9H,5-7H2,1-4H3. The third-order valence-corrected chi connectivity index (χ3v) is 3.14. The molecule has 0 N–H and O–H groups in total. The summed E-state index contributed by atoms with van der Waals surface area (Å²) in [6.45, 7) is 6.97. The molecule has 2 atom stereocenters. The van der Waals surface area contributed by atoms with Gasteiger partial charge in [-0.1, -0.05) is 27.7 Å². The van der Waals surface area contributed by atoms with Crippen molar-refractivity contribution in [3.63, 3.8) is 0 Å². The zero-order valence-electron chi connectivity index (χ0n) is 10.8. The van der Waals surface area contributed by atoms with Crippen molar-refractivity contribution in [2.24, 2.45) is 11.3 Å². The van der Waals surface area contributed by atoms with Crippen LogP contribution in [-0.4, -0.2) is 29.6 Å². The van der Waals surface area contributed by atoms with Gasteiger partial charge in [0.25, 0.3) is 0 Å². The first-order valence-electron chi connectivity index (χ1n) is 5.91. The number of amides is 1. The van der Waals surface area contributed by atoms with Crippen LogP contribution >= 0.6 is 0 Å². The van der Waals surface area contributed by atoms with Gasteiger partial charge in [-0.05, 0) is 18.8 Å². The van der Waals surface area contributed by atoms with Crippen molar-refractivity contribution in [1.29, 1.82) is 0 Å². The maximum atomic E-state index is 12.9. The van der Waals surface area contributed by atoms with Crippen LogP contribution in [-0.2, 0) is 4.79 Å². The molecule has 1 fully saturated rings. The molecule has 1 aliphatic rings. The van der Waals surface area contributed by atoms with Gasteiger partial charge in [0, 0.05) is 12.0 Å². The molecule has 1 rings (SSSR count). The summed E-state index contributed by atoms with van der Waals surface area (Å²) >= 11 is 0. The molecule has 0 aromatic heterocycles. The molecule has 2 nitrogen and oxygen atoms in total. The molecule has 1 amide bonds. The molecule has 0 radical (unpaired) electrons. The zero-order chi connectivity index (χ0) is 13.4. The van der Waals surface area contributed by atoms with Crippen molar-refractivity contribution in [2.75, 3.05) is 6.54 Å². The van der Waals surface area contributed by atoms with Gasteiger partial charge in [0.2, 0.25) is 5.91 Å². The Kier molecular flexibility index (Phi) is 3.79. The summed E-state index contributed by atoms with van der Waals surface area (Å²) in [4.78, 5) is 13.0. The maximum absolute atomic E-state index is 12.9. The second-order valence-electron chi connectivity index (χ2n) is 5.94. The summed E-state index contributed by atoms with van der Waals surface area (Å²) in [5.74, 6) is -0.391. The molecular weight excluding hydrogens is 231 g/mol. The van der Waals surface area contributed by atoms with Gasteiger partial charge in [0.1, 0.15) is 6.04 Å². The lowest BCUT2D eigenvalue weighted by Crippen LogP contribution is -2.55. The molecule has 0 aromatic carbocycles. The van der Waals surface area contributed by atoms with E-state index in [4.69, 9.17) is 0 Å². The SMILES string of the molecule is CC1CCN(C(=O)C(C)(C)C)C(C(F)(F)F)C1. The number of rotatable bonds is 0. The predicted octanol–water partition coefficient (Wildman–Crippen LogP) is 3.22. The number of hydrogen-bond acceptors (Lipinski definition) is 1. The molecule has 0 aromatic rings. The van der Waals surface area contributed by atoms with E-state index in [-0.39, 0.29) is 18.9 Å². The minimum Gasteiger partial charge on any atom is -0.330 e. The van der Waals surface area contributed by atoms with E-state index in [2.05, 4.69) is 0 Å². The molecule has 2 unspecified atom stereocenters. The summed E-state index contributed by atoms with van der Waals surface area (Å²) in [5.41, 5.74) is -0.760. The molecule has 0 saturated carbocycles. The lowest BCUT2D eigenvalue weighted by Gasteiger charge is -2.42. The molecule has 1 saturated heterocycles. The summed E-state index contributed by atoms with van der Waals surface area (Å²) in [6.07, 6.45) is -3.66. The Hall–Kier alpha value is -0.740. The summed E-state index contributed by atoms with van der Waals surface area (Å²) in [6, 6.07) is -1.61. The van der Waals surface area contributed by atoms with Crippen molar-refractivity contribution in [1.82, 2.24) is 4.90 Å². The van der Waals surface area contributed by atoms with Gasteiger partial charge >= 0.3 is 6.18 Å². The normalized spacial score (nSPS) is 27.1. The van der Waals surface area contributed by atoms with Gasteiger partial charge in [0.05, 0.1) is 0 Å².